The van der Waals surface area contributed by atoms with Gasteiger partial charge in [0.05, 0.1) is 37.9 Å². The number of phosphoric ester groups is 1. The summed E-state index contributed by atoms with van der Waals surface area (Å²) in [6, 6.07) is -1.00. The lowest BCUT2D eigenvalue weighted by molar-refractivity contribution is -0.124. The van der Waals surface area contributed by atoms with Crippen LogP contribution in [-0.4, -0.2) is 59.0 Å². The maximum absolute atomic E-state index is 12.7. The number of hydrogen-bond donors (Lipinski definition) is 5. The summed E-state index contributed by atoms with van der Waals surface area (Å²) in [5.41, 5.74) is 5.33. The zero-order valence-corrected chi connectivity index (χ0v) is 30.8. The van der Waals surface area contributed by atoms with E-state index in [4.69, 9.17) is 14.8 Å². The molecule has 0 aliphatic heterocycles. The second kappa shape index (κ2) is 33.2. The predicted octanol–water partition coefficient (Wildman–Crippen LogP) is 8.58. The number of nitrogens with one attached hydrogen (secondary N) is 1. The molecule has 0 aromatic carbocycles. The van der Waals surface area contributed by atoms with Crippen molar-refractivity contribution in [3.8, 4) is 0 Å². The summed E-state index contributed by atoms with van der Waals surface area (Å²) in [5, 5.41) is 23.8. The van der Waals surface area contributed by atoms with E-state index in [1.54, 1.807) is 6.08 Å². The molecule has 9 nitrogen and oxygen atoms in total. The molecule has 0 heterocycles. The highest BCUT2D eigenvalue weighted by Gasteiger charge is 2.27. The van der Waals surface area contributed by atoms with E-state index >= 15 is 0 Å². The Morgan fingerprint density at radius 2 is 1.21 bits per heavy atom. The summed E-state index contributed by atoms with van der Waals surface area (Å²) in [5.74, 6) is -0.475. The van der Waals surface area contributed by atoms with E-state index in [0.29, 0.717) is 12.8 Å². The van der Waals surface area contributed by atoms with Crippen LogP contribution in [0.15, 0.2) is 36.5 Å². The topological polar surface area (TPSA) is 151 Å². The molecule has 0 saturated carbocycles. The van der Waals surface area contributed by atoms with Gasteiger partial charge in [-0.3, -0.25) is 13.8 Å². The molecular weight excluding hydrogens is 615 g/mol. The van der Waals surface area contributed by atoms with Crippen molar-refractivity contribution in [2.45, 2.75) is 173 Å². The molecule has 0 spiro atoms. The van der Waals surface area contributed by atoms with Gasteiger partial charge in [0, 0.05) is 6.54 Å². The van der Waals surface area contributed by atoms with Gasteiger partial charge in [0.25, 0.3) is 0 Å². The Hall–Kier alpha value is -1.32. The number of rotatable bonds is 34. The number of aliphatic hydroxyl groups is 2. The van der Waals surface area contributed by atoms with Crippen molar-refractivity contribution in [1.29, 1.82) is 0 Å². The first-order chi connectivity index (χ1) is 22.8. The van der Waals surface area contributed by atoms with Crippen molar-refractivity contribution in [2.24, 2.45) is 5.73 Å². The molecule has 0 rings (SSSR count). The maximum atomic E-state index is 12.7. The van der Waals surface area contributed by atoms with Gasteiger partial charge in [0.1, 0.15) is 0 Å². The fourth-order valence-electron chi connectivity index (χ4n) is 5.13. The standard InChI is InChI=1S/C37H71N2O7P/c1-3-5-7-9-11-13-15-16-17-19-21-23-25-27-29-36(41)35(33-46-47(43,44)45-31-30-38)39-37(42)32-34(40)28-26-24-22-20-18-14-12-10-8-6-4-2/h19-22,27,29,34-36,40-41H,3-18,23-26,28,30-33,38H2,1-2H3,(H,39,42)(H,43,44)/b21-19+,22-20-,29-27+. The summed E-state index contributed by atoms with van der Waals surface area (Å²) in [7, 11) is -4.40. The van der Waals surface area contributed by atoms with Crippen LogP contribution >= 0.6 is 7.82 Å². The Morgan fingerprint density at radius 1 is 0.723 bits per heavy atom. The van der Waals surface area contributed by atoms with Crippen LogP contribution in [0.1, 0.15) is 155 Å². The number of phosphoric acid groups is 1. The normalized spacial score (nSPS) is 15.4. The molecular formula is C37H71N2O7P. The molecule has 0 aliphatic carbocycles. The van der Waals surface area contributed by atoms with E-state index in [1.807, 2.05) is 6.08 Å². The number of hydrogen-bond acceptors (Lipinski definition) is 7. The Kier molecular flexibility index (Phi) is 32.3. The average molecular weight is 687 g/mol. The molecule has 4 unspecified atom stereocenters. The van der Waals surface area contributed by atoms with Crippen molar-refractivity contribution in [3.05, 3.63) is 36.5 Å². The number of aliphatic hydroxyl groups excluding tert-OH is 2. The molecule has 0 radical (unpaired) electrons. The molecule has 6 N–H and O–H groups in total. The highest BCUT2D eigenvalue weighted by Crippen LogP contribution is 2.43. The van der Waals surface area contributed by atoms with Gasteiger partial charge in [0.2, 0.25) is 5.91 Å². The fraction of sp³-hybridized carbons (Fsp3) is 0.811. The van der Waals surface area contributed by atoms with Gasteiger partial charge in [-0.05, 0) is 57.8 Å². The quantitative estimate of drug-likeness (QED) is 0.0257. The molecule has 0 saturated heterocycles. The van der Waals surface area contributed by atoms with Gasteiger partial charge in [-0.2, -0.15) is 0 Å². The zero-order valence-electron chi connectivity index (χ0n) is 29.9. The van der Waals surface area contributed by atoms with Gasteiger partial charge in [0.15, 0.2) is 0 Å². The largest absolute Gasteiger partial charge is 0.472 e. The molecule has 1 amide bonds. The van der Waals surface area contributed by atoms with Gasteiger partial charge in [-0.25, -0.2) is 4.57 Å². The minimum absolute atomic E-state index is 0.0415. The number of nitrogens with two attached hydrogens (primary N) is 1. The van der Waals surface area contributed by atoms with Crippen LogP contribution in [0.2, 0.25) is 0 Å². The number of carbonyl (C=O) groups is 1. The molecule has 4 atom stereocenters. The van der Waals surface area contributed by atoms with Crippen molar-refractivity contribution in [3.63, 3.8) is 0 Å². The molecule has 0 fully saturated rings. The highest BCUT2D eigenvalue weighted by atomic mass is 31.2. The Labute approximate surface area is 287 Å². The van der Waals surface area contributed by atoms with E-state index in [2.05, 4.69) is 43.5 Å². The van der Waals surface area contributed by atoms with Crippen LogP contribution in [0, 0.1) is 0 Å². The summed E-state index contributed by atoms with van der Waals surface area (Å²) < 4.78 is 21.9. The van der Waals surface area contributed by atoms with E-state index < -0.39 is 38.6 Å². The third kappa shape index (κ3) is 31.7. The van der Waals surface area contributed by atoms with Gasteiger partial charge in [-0.1, -0.05) is 127 Å². The van der Waals surface area contributed by atoms with Gasteiger partial charge < -0.3 is 26.2 Å². The Balaban J connectivity index is 4.56. The first-order valence-corrected chi connectivity index (χ1v) is 20.2. The number of allylic oxidation sites excluding steroid dienone is 5. The lowest BCUT2D eigenvalue weighted by Crippen LogP contribution is -2.46. The van der Waals surface area contributed by atoms with Crippen LogP contribution < -0.4 is 11.1 Å². The molecule has 0 bridgehead atoms. The van der Waals surface area contributed by atoms with E-state index in [0.717, 1.165) is 32.1 Å². The van der Waals surface area contributed by atoms with E-state index in [9.17, 15) is 24.5 Å². The Bertz CT molecular complexity index is 853. The summed E-state index contributed by atoms with van der Waals surface area (Å²) in [6.07, 6.45) is 33.8. The Morgan fingerprint density at radius 3 is 1.77 bits per heavy atom. The van der Waals surface area contributed by atoms with Crippen LogP contribution in [-0.2, 0) is 18.4 Å². The zero-order chi connectivity index (χ0) is 34.9. The second-order valence-corrected chi connectivity index (χ2v) is 14.1. The molecule has 276 valence electrons. The van der Waals surface area contributed by atoms with Crippen molar-refractivity contribution in [1.82, 2.24) is 5.32 Å². The predicted molar refractivity (Wildman–Crippen MR) is 195 cm³/mol. The smallest absolute Gasteiger partial charge is 0.393 e. The third-order valence-electron chi connectivity index (χ3n) is 7.99. The lowest BCUT2D eigenvalue weighted by Gasteiger charge is -2.24. The summed E-state index contributed by atoms with van der Waals surface area (Å²) >= 11 is 0. The van der Waals surface area contributed by atoms with E-state index in [1.165, 1.54) is 89.9 Å². The molecule has 0 aliphatic rings. The summed E-state index contributed by atoms with van der Waals surface area (Å²) in [4.78, 5) is 22.6. The first-order valence-electron chi connectivity index (χ1n) is 18.7. The van der Waals surface area contributed by atoms with Gasteiger partial charge >= 0.3 is 7.82 Å². The summed E-state index contributed by atoms with van der Waals surface area (Å²) in [6.45, 7) is 3.89. The number of unbranched alkanes of at least 4 members (excludes halogenated alkanes) is 16. The molecule has 10 heteroatoms. The molecule has 0 aromatic heterocycles. The van der Waals surface area contributed by atoms with Crippen LogP contribution in [0.5, 0.6) is 0 Å². The number of carbonyl (C=O) groups excluding carboxylic acids is 1. The van der Waals surface area contributed by atoms with Crippen molar-refractivity contribution < 1.29 is 33.5 Å². The fourth-order valence-corrected chi connectivity index (χ4v) is 5.89. The number of amides is 1. The molecule has 47 heavy (non-hydrogen) atoms. The SMILES string of the molecule is CCCCCCCC/C=C\CCCC(O)CC(=O)NC(COP(=O)(O)OCCN)C(O)/C=C/CC/C=C/CCCCCCCCCC. The second-order valence-electron chi connectivity index (χ2n) is 12.6. The van der Waals surface area contributed by atoms with Crippen LogP contribution in [0.4, 0.5) is 0 Å². The van der Waals surface area contributed by atoms with Crippen molar-refractivity contribution >= 4 is 13.7 Å². The van der Waals surface area contributed by atoms with Crippen LogP contribution in [0.3, 0.4) is 0 Å². The molecule has 0 aromatic rings. The highest BCUT2D eigenvalue weighted by molar-refractivity contribution is 7.47. The van der Waals surface area contributed by atoms with Gasteiger partial charge in [-0.15, -0.1) is 0 Å². The third-order valence-corrected chi connectivity index (χ3v) is 8.98. The van der Waals surface area contributed by atoms with Crippen molar-refractivity contribution in [2.75, 3.05) is 19.8 Å². The monoisotopic (exact) mass is 686 g/mol. The minimum atomic E-state index is -4.40. The lowest BCUT2D eigenvalue weighted by atomic mass is 10.1. The van der Waals surface area contributed by atoms with E-state index in [-0.39, 0.29) is 19.6 Å². The van der Waals surface area contributed by atoms with Crippen LogP contribution in [0.25, 0.3) is 0 Å². The average Bonchev–Trinajstić information content (AvgIpc) is 3.04. The minimum Gasteiger partial charge on any atom is -0.393 e. The first kappa shape index (κ1) is 45.7. The maximum Gasteiger partial charge on any atom is 0.472 e.